The van der Waals surface area contributed by atoms with Crippen LogP contribution in [0.3, 0.4) is 0 Å². The molecule has 0 fully saturated rings. The molecule has 0 saturated heterocycles. The number of hydrogen-bond acceptors (Lipinski definition) is 7. The highest BCUT2D eigenvalue weighted by atomic mass is 32.2. The van der Waals surface area contributed by atoms with Crippen LogP contribution in [0.5, 0.6) is 0 Å². The molecule has 8 nitrogen and oxygen atoms in total. The molecule has 0 aliphatic rings. The summed E-state index contributed by atoms with van der Waals surface area (Å²) in [5.74, 6) is 1.39. The third-order valence-corrected chi connectivity index (χ3v) is 5.28. The van der Waals surface area contributed by atoms with Crippen molar-refractivity contribution in [2.45, 2.75) is 31.3 Å². The first-order chi connectivity index (χ1) is 14.6. The van der Waals surface area contributed by atoms with E-state index < -0.39 is 0 Å². The zero-order valence-electron chi connectivity index (χ0n) is 16.6. The Bertz CT molecular complexity index is 1160. The van der Waals surface area contributed by atoms with Gasteiger partial charge in [-0.05, 0) is 49.2 Å². The van der Waals surface area contributed by atoms with E-state index in [4.69, 9.17) is 4.42 Å². The van der Waals surface area contributed by atoms with Crippen molar-refractivity contribution in [3.8, 4) is 5.69 Å². The van der Waals surface area contributed by atoms with E-state index in [2.05, 4.69) is 31.5 Å². The molecule has 0 aliphatic carbocycles. The Hall–Kier alpha value is -3.46. The van der Waals surface area contributed by atoms with E-state index >= 15 is 0 Å². The molecule has 3 heterocycles. The number of carbonyl (C=O) groups is 1. The minimum Gasteiger partial charge on any atom is -0.447 e. The first-order valence-corrected chi connectivity index (χ1v) is 10.3. The van der Waals surface area contributed by atoms with E-state index in [0.717, 1.165) is 27.8 Å². The maximum atomic E-state index is 12.3. The van der Waals surface area contributed by atoms with E-state index in [1.165, 1.54) is 18.0 Å². The standard InChI is InChI=1S/C21H20N6O2S/c1-14-4-3-5-17(10-14)27-15(2)25-26-21(27)30-13-19-24-18(12-29-19)20(28)23-11-16-6-8-22-9-7-16/h3-10,12H,11,13H2,1-2H3,(H,23,28). The summed E-state index contributed by atoms with van der Waals surface area (Å²) in [5, 5.41) is 12.0. The molecule has 3 aromatic heterocycles. The number of benzene rings is 1. The monoisotopic (exact) mass is 420 g/mol. The van der Waals surface area contributed by atoms with Crippen LogP contribution in [-0.2, 0) is 12.3 Å². The summed E-state index contributed by atoms with van der Waals surface area (Å²) < 4.78 is 7.46. The van der Waals surface area contributed by atoms with Crippen LogP contribution in [0.25, 0.3) is 5.69 Å². The second-order valence-corrected chi connectivity index (χ2v) is 7.60. The zero-order chi connectivity index (χ0) is 20.9. The number of thioether (sulfide) groups is 1. The molecule has 1 N–H and O–H groups in total. The third-order valence-electron chi connectivity index (χ3n) is 4.37. The summed E-state index contributed by atoms with van der Waals surface area (Å²) in [5.41, 5.74) is 3.37. The normalized spacial score (nSPS) is 10.9. The second-order valence-electron chi connectivity index (χ2n) is 6.66. The molecule has 152 valence electrons. The molecule has 0 atom stereocenters. The number of amides is 1. The van der Waals surface area contributed by atoms with Gasteiger partial charge in [0.05, 0.1) is 5.75 Å². The summed E-state index contributed by atoms with van der Waals surface area (Å²) in [6.07, 6.45) is 4.74. The van der Waals surface area contributed by atoms with Gasteiger partial charge in [-0.2, -0.15) is 0 Å². The lowest BCUT2D eigenvalue weighted by Crippen LogP contribution is -2.23. The molecule has 0 bridgehead atoms. The highest BCUT2D eigenvalue weighted by Crippen LogP contribution is 2.25. The van der Waals surface area contributed by atoms with Gasteiger partial charge in [-0.25, -0.2) is 4.98 Å². The second kappa shape index (κ2) is 8.91. The first-order valence-electron chi connectivity index (χ1n) is 9.33. The zero-order valence-corrected chi connectivity index (χ0v) is 17.4. The Labute approximate surface area is 177 Å². The average molecular weight is 420 g/mol. The molecular formula is C21H20N6O2S. The van der Waals surface area contributed by atoms with Gasteiger partial charge in [-0.1, -0.05) is 23.9 Å². The van der Waals surface area contributed by atoms with Gasteiger partial charge in [0.15, 0.2) is 10.9 Å². The van der Waals surface area contributed by atoms with Gasteiger partial charge in [0.2, 0.25) is 5.89 Å². The molecule has 1 amide bonds. The number of pyridine rings is 1. The van der Waals surface area contributed by atoms with Crippen molar-refractivity contribution in [2.75, 3.05) is 0 Å². The Morgan fingerprint density at radius 1 is 1.17 bits per heavy atom. The maximum absolute atomic E-state index is 12.3. The molecule has 0 spiro atoms. The van der Waals surface area contributed by atoms with Crippen molar-refractivity contribution in [1.29, 1.82) is 0 Å². The SMILES string of the molecule is Cc1cccc(-n2c(C)nnc2SCc2nc(C(=O)NCc3ccncc3)co2)c1. The van der Waals surface area contributed by atoms with Gasteiger partial charge in [-0.3, -0.25) is 14.3 Å². The van der Waals surface area contributed by atoms with Gasteiger partial charge >= 0.3 is 0 Å². The van der Waals surface area contributed by atoms with E-state index in [9.17, 15) is 4.79 Å². The van der Waals surface area contributed by atoms with Crippen LogP contribution in [-0.4, -0.2) is 30.6 Å². The van der Waals surface area contributed by atoms with Crippen LogP contribution < -0.4 is 5.32 Å². The summed E-state index contributed by atoms with van der Waals surface area (Å²) in [7, 11) is 0. The smallest absolute Gasteiger partial charge is 0.273 e. The lowest BCUT2D eigenvalue weighted by Gasteiger charge is -2.08. The largest absolute Gasteiger partial charge is 0.447 e. The summed E-state index contributed by atoms with van der Waals surface area (Å²) in [6, 6.07) is 11.8. The lowest BCUT2D eigenvalue weighted by molar-refractivity contribution is 0.0946. The van der Waals surface area contributed by atoms with E-state index in [0.29, 0.717) is 18.2 Å². The van der Waals surface area contributed by atoms with Crippen molar-refractivity contribution < 1.29 is 9.21 Å². The average Bonchev–Trinajstić information content (AvgIpc) is 3.38. The number of rotatable bonds is 7. The van der Waals surface area contributed by atoms with Crippen LogP contribution in [0.2, 0.25) is 0 Å². The molecule has 1 aromatic carbocycles. The Morgan fingerprint density at radius 3 is 2.80 bits per heavy atom. The summed E-state index contributed by atoms with van der Waals surface area (Å²) in [6.45, 7) is 4.36. The molecular weight excluding hydrogens is 400 g/mol. The molecule has 0 aliphatic heterocycles. The number of oxazole rings is 1. The number of hydrogen-bond donors (Lipinski definition) is 1. The Morgan fingerprint density at radius 2 is 2.00 bits per heavy atom. The lowest BCUT2D eigenvalue weighted by atomic mass is 10.2. The van der Waals surface area contributed by atoms with Crippen LogP contribution in [0.15, 0.2) is 64.6 Å². The van der Waals surface area contributed by atoms with Gasteiger partial charge in [-0.15, -0.1) is 10.2 Å². The highest BCUT2D eigenvalue weighted by molar-refractivity contribution is 7.98. The van der Waals surface area contributed by atoms with Crippen LogP contribution >= 0.6 is 11.8 Å². The molecule has 9 heteroatoms. The van der Waals surface area contributed by atoms with Crippen molar-refractivity contribution in [3.05, 3.63) is 83.6 Å². The van der Waals surface area contributed by atoms with E-state index in [1.54, 1.807) is 12.4 Å². The summed E-state index contributed by atoms with van der Waals surface area (Å²) >= 11 is 1.45. The first kappa shape index (κ1) is 19.8. The number of carbonyl (C=O) groups excluding carboxylic acids is 1. The maximum Gasteiger partial charge on any atom is 0.273 e. The number of nitrogens with zero attached hydrogens (tertiary/aromatic N) is 5. The Balaban J connectivity index is 1.40. The summed E-state index contributed by atoms with van der Waals surface area (Å²) in [4.78, 5) is 20.5. The minimum atomic E-state index is -0.286. The number of aryl methyl sites for hydroxylation is 2. The van der Waals surface area contributed by atoms with E-state index in [1.807, 2.05) is 48.7 Å². The predicted molar refractivity (Wildman–Crippen MR) is 112 cm³/mol. The van der Waals surface area contributed by atoms with Crippen molar-refractivity contribution in [1.82, 2.24) is 30.0 Å². The van der Waals surface area contributed by atoms with Crippen LogP contribution in [0, 0.1) is 13.8 Å². The highest BCUT2D eigenvalue weighted by Gasteiger charge is 2.15. The molecule has 30 heavy (non-hydrogen) atoms. The molecule has 0 unspecified atom stereocenters. The minimum absolute atomic E-state index is 0.246. The number of aromatic nitrogens is 5. The molecule has 0 radical (unpaired) electrons. The van der Waals surface area contributed by atoms with Gasteiger partial charge < -0.3 is 9.73 Å². The quantitative estimate of drug-likeness (QED) is 0.457. The van der Waals surface area contributed by atoms with Crippen LogP contribution in [0.1, 0.15) is 33.3 Å². The Kier molecular flexibility index (Phi) is 5.89. The topological polar surface area (TPSA) is 98.7 Å². The fourth-order valence-corrected chi connectivity index (χ4v) is 3.73. The molecule has 0 saturated carbocycles. The van der Waals surface area contributed by atoms with Crippen molar-refractivity contribution in [3.63, 3.8) is 0 Å². The predicted octanol–water partition coefficient (Wildman–Crippen LogP) is 3.49. The third kappa shape index (κ3) is 4.57. The molecule has 4 rings (SSSR count). The van der Waals surface area contributed by atoms with E-state index in [-0.39, 0.29) is 11.6 Å². The number of nitrogens with one attached hydrogen (secondary N) is 1. The molecule has 4 aromatic rings. The fraction of sp³-hybridized carbons (Fsp3) is 0.190. The van der Waals surface area contributed by atoms with Gasteiger partial charge in [0.1, 0.15) is 12.1 Å². The van der Waals surface area contributed by atoms with Gasteiger partial charge in [0.25, 0.3) is 5.91 Å². The van der Waals surface area contributed by atoms with Crippen molar-refractivity contribution >= 4 is 17.7 Å². The van der Waals surface area contributed by atoms with Crippen molar-refractivity contribution in [2.24, 2.45) is 0 Å². The van der Waals surface area contributed by atoms with Gasteiger partial charge in [0, 0.05) is 24.6 Å². The van der Waals surface area contributed by atoms with Crippen LogP contribution in [0.4, 0.5) is 0 Å². The fourth-order valence-electron chi connectivity index (χ4n) is 2.88.